The average molecular weight is 657 g/mol. The zero-order valence-electron chi connectivity index (χ0n) is 31.0. The van der Waals surface area contributed by atoms with Crippen LogP contribution in [0, 0.1) is 0 Å². The number of halogens is 1. The third kappa shape index (κ3) is 42.5. The summed E-state index contributed by atoms with van der Waals surface area (Å²) in [4.78, 5) is 0. The van der Waals surface area contributed by atoms with Crippen LogP contribution in [-0.4, -0.2) is 13.9 Å². The fourth-order valence-electron chi connectivity index (χ4n) is 6.88. The summed E-state index contributed by atoms with van der Waals surface area (Å²) in [5, 5.41) is 0. The Morgan fingerprint density at radius 3 is 0.545 bits per heavy atom. The zero-order valence-corrected chi connectivity index (χ0v) is 32.8. The van der Waals surface area contributed by atoms with Crippen LogP contribution in [0.1, 0.15) is 238 Å². The molecule has 0 fully saturated rings. The molecule has 0 bridgehead atoms. The standard InChI is InChI=1S/C41H86ClNSi/c1-44(2,42)41-39-37-35-33-31-29-27-25-23-21-19-17-15-13-11-9-7-5-3-4-6-8-10-12-14-16-18-20-22-24-26-28-30-32-34-36-38-40-43/h3-41,43H2,1-2H3. The molecule has 0 spiro atoms. The summed E-state index contributed by atoms with van der Waals surface area (Å²) < 4.78 is 0. The van der Waals surface area contributed by atoms with Gasteiger partial charge in [0, 0.05) is 0 Å². The van der Waals surface area contributed by atoms with Crippen LogP contribution in [-0.2, 0) is 0 Å². The van der Waals surface area contributed by atoms with Crippen LogP contribution in [0.15, 0.2) is 0 Å². The number of hydrogen-bond donors (Lipinski definition) is 1. The highest BCUT2D eigenvalue weighted by Crippen LogP contribution is 2.20. The van der Waals surface area contributed by atoms with Gasteiger partial charge in [-0.05, 0) is 19.0 Å². The predicted molar refractivity (Wildman–Crippen MR) is 208 cm³/mol. The first kappa shape index (κ1) is 44.5. The second-order valence-electron chi connectivity index (χ2n) is 15.3. The van der Waals surface area contributed by atoms with Gasteiger partial charge in [-0.15, -0.1) is 0 Å². The Morgan fingerprint density at radius 1 is 0.273 bits per heavy atom. The third-order valence-electron chi connectivity index (χ3n) is 9.98. The highest BCUT2D eigenvalue weighted by atomic mass is 35.6. The van der Waals surface area contributed by atoms with Gasteiger partial charge in [-0.2, -0.15) is 11.1 Å². The fourth-order valence-corrected chi connectivity index (χ4v) is 8.37. The molecule has 2 N–H and O–H groups in total. The summed E-state index contributed by atoms with van der Waals surface area (Å²) in [6.45, 7) is 5.43. The van der Waals surface area contributed by atoms with Gasteiger partial charge in [0.1, 0.15) is 7.38 Å². The molecule has 0 saturated heterocycles. The monoisotopic (exact) mass is 656 g/mol. The van der Waals surface area contributed by atoms with Gasteiger partial charge in [0.2, 0.25) is 0 Å². The maximum atomic E-state index is 6.40. The van der Waals surface area contributed by atoms with Crippen molar-refractivity contribution in [3.63, 3.8) is 0 Å². The Labute approximate surface area is 286 Å². The van der Waals surface area contributed by atoms with Gasteiger partial charge in [0.05, 0.1) is 0 Å². The van der Waals surface area contributed by atoms with Crippen molar-refractivity contribution in [3.8, 4) is 0 Å². The minimum atomic E-state index is -1.31. The number of unbranched alkanes of at least 4 members (excludes halogenated alkanes) is 36. The molecule has 1 nitrogen and oxygen atoms in total. The Kier molecular flexibility index (Phi) is 38.3. The van der Waals surface area contributed by atoms with Gasteiger partial charge < -0.3 is 5.73 Å². The summed E-state index contributed by atoms with van der Waals surface area (Å²) in [6, 6.07) is 1.30. The van der Waals surface area contributed by atoms with Crippen LogP contribution < -0.4 is 5.73 Å². The van der Waals surface area contributed by atoms with Crippen molar-refractivity contribution in [2.45, 2.75) is 257 Å². The van der Waals surface area contributed by atoms with Crippen molar-refractivity contribution < 1.29 is 0 Å². The molecule has 0 aliphatic heterocycles. The SMILES string of the molecule is C[Si](C)(Cl)CCCCCCCCCCCCCCCCCCCCCCCCCCCCCCCCCCCCCCCN. The van der Waals surface area contributed by atoms with E-state index < -0.39 is 7.38 Å². The predicted octanol–water partition coefficient (Wildman–Crippen LogP) is 15.8. The van der Waals surface area contributed by atoms with Gasteiger partial charge in [-0.3, -0.25) is 0 Å². The molecular weight excluding hydrogens is 570 g/mol. The van der Waals surface area contributed by atoms with E-state index in [1.807, 2.05) is 0 Å². The van der Waals surface area contributed by atoms with Crippen LogP contribution in [0.3, 0.4) is 0 Å². The van der Waals surface area contributed by atoms with E-state index in [0.29, 0.717) is 0 Å². The first-order chi connectivity index (χ1) is 21.6. The highest BCUT2D eigenvalue weighted by Gasteiger charge is 2.15. The molecule has 0 heterocycles. The molecule has 0 aliphatic carbocycles. The second kappa shape index (κ2) is 37.9. The van der Waals surface area contributed by atoms with Crippen LogP contribution in [0.5, 0.6) is 0 Å². The normalized spacial score (nSPS) is 12.0. The first-order valence-electron chi connectivity index (χ1n) is 21.0. The van der Waals surface area contributed by atoms with Crippen molar-refractivity contribution in [2.24, 2.45) is 5.73 Å². The summed E-state index contributed by atoms with van der Waals surface area (Å²) in [5.74, 6) is 0. The lowest BCUT2D eigenvalue weighted by atomic mass is 10.0. The van der Waals surface area contributed by atoms with E-state index in [2.05, 4.69) is 13.1 Å². The summed E-state index contributed by atoms with van der Waals surface area (Å²) >= 11 is 6.40. The molecule has 0 atom stereocenters. The first-order valence-corrected chi connectivity index (χ1v) is 25.2. The zero-order chi connectivity index (χ0) is 32.1. The Hall–Kier alpha value is 0.467. The largest absolute Gasteiger partial charge is 0.330 e. The second-order valence-corrected chi connectivity index (χ2v) is 22.3. The van der Waals surface area contributed by atoms with Gasteiger partial charge in [0.25, 0.3) is 0 Å². The van der Waals surface area contributed by atoms with Crippen molar-refractivity contribution in [1.29, 1.82) is 0 Å². The van der Waals surface area contributed by atoms with Crippen molar-refractivity contribution >= 4 is 18.5 Å². The number of rotatable bonds is 39. The van der Waals surface area contributed by atoms with Gasteiger partial charge >= 0.3 is 0 Å². The Balaban J connectivity index is 3.05. The average Bonchev–Trinajstić information content (AvgIpc) is 3.00. The fraction of sp³-hybridized carbons (Fsp3) is 1.00. The van der Waals surface area contributed by atoms with Crippen molar-refractivity contribution in [3.05, 3.63) is 0 Å². The van der Waals surface area contributed by atoms with Gasteiger partial charge in [-0.25, -0.2) is 0 Å². The molecule has 0 rings (SSSR count). The van der Waals surface area contributed by atoms with E-state index in [-0.39, 0.29) is 0 Å². The summed E-state index contributed by atoms with van der Waals surface area (Å²) in [6.07, 6.45) is 53.9. The van der Waals surface area contributed by atoms with E-state index in [0.717, 1.165) is 6.54 Å². The van der Waals surface area contributed by atoms with Crippen LogP contribution in [0.4, 0.5) is 0 Å². The Morgan fingerprint density at radius 2 is 0.409 bits per heavy atom. The molecule has 0 amide bonds. The topological polar surface area (TPSA) is 26.0 Å². The maximum Gasteiger partial charge on any atom is 0.150 e. The third-order valence-corrected chi connectivity index (χ3v) is 12.1. The molecule has 266 valence electrons. The summed E-state index contributed by atoms with van der Waals surface area (Å²) in [5.41, 5.74) is 5.55. The minimum Gasteiger partial charge on any atom is -0.330 e. The van der Waals surface area contributed by atoms with Crippen LogP contribution in [0.25, 0.3) is 0 Å². The van der Waals surface area contributed by atoms with Gasteiger partial charge in [0.15, 0.2) is 0 Å². The quantitative estimate of drug-likeness (QED) is 0.0398. The van der Waals surface area contributed by atoms with E-state index in [1.54, 1.807) is 0 Å². The molecule has 0 aromatic heterocycles. The highest BCUT2D eigenvalue weighted by molar-refractivity contribution is 7.19. The van der Waals surface area contributed by atoms with Gasteiger partial charge in [-0.1, -0.05) is 244 Å². The van der Waals surface area contributed by atoms with E-state index in [9.17, 15) is 0 Å². The molecule has 44 heavy (non-hydrogen) atoms. The smallest absolute Gasteiger partial charge is 0.150 e. The van der Waals surface area contributed by atoms with Crippen LogP contribution >= 0.6 is 11.1 Å². The lowest BCUT2D eigenvalue weighted by molar-refractivity contribution is 0.510. The van der Waals surface area contributed by atoms with E-state index in [1.165, 1.54) is 244 Å². The number of nitrogens with two attached hydrogens (primary N) is 1. The van der Waals surface area contributed by atoms with E-state index in [4.69, 9.17) is 16.8 Å². The lowest BCUT2D eigenvalue weighted by Gasteiger charge is -2.11. The molecule has 0 unspecified atom stereocenters. The van der Waals surface area contributed by atoms with Crippen LogP contribution in [0.2, 0.25) is 19.1 Å². The minimum absolute atomic E-state index is 0.873. The molecular formula is C41H86ClNSi. The summed E-state index contributed by atoms with van der Waals surface area (Å²) in [7, 11) is -1.31. The maximum absolute atomic E-state index is 6.40. The lowest BCUT2D eigenvalue weighted by Crippen LogP contribution is -2.14. The number of hydrogen-bond acceptors (Lipinski definition) is 1. The molecule has 0 aliphatic rings. The molecule has 0 aromatic carbocycles. The Bertz CT molecular complexity index is 505. The molecule has 0 radical (unpaired) electrons. The molecule has 0 saturated carbocycles. The molecule has 0 aromatic rings. The van der Waals surface area contributed by atoms with Crippen molar-refractivity contribution in [1.82, 2.24) is 0 Å². The van der Waals surface area contributed by atoms with Crippen molar-refractivity contribution in [2.75, 3.05) is 6.54 Å². The molecule has 3 heteroatoms. The van der Waals surface area contributed by atoms with E-state index >= 15 is 0 Å².